The molecular formula is C19H25FN2O3. The average molecular weight is 348 g/mol. The van der Waals surface area contributed by atoms with Gasteiger partial charge in [-0.25, -0.2) is 4.39 Å². The first kappa shape index (κ1) is 17.9. The standard InChI is InChI=1S/C19H25FN2O3/c20-15-5-6-17-14(11-15)4-7-19(25)22(17)9-8-18(24)21-12-13-2-1-3-16(23)10-13/h5-6,11,13,16,23H,1-4,7-10,12H2,(H,21,24). The average Bonchev–Trinajstić information content (AvgIpc) is 2.59. The predicted molar refractivity (Wildman–Crippen MR) is 92.7 cm³/mol. The summed E-state index contributed by atoms with van der Waals surface area (Å²) in [7, 11) is 0. The number of halogens is 1. The van der Waals surface area contributed by atoms with E-state index in [1.54, 1.807) is 11.0 Å². The number of anilines is 1. The van der Waals surface area contributed by atoms with E-state index in [0.717, 1.165) is 31.2 Å². The van der Waals surface area contributed by atoms with Gasteiger partial charge in [0, 0.05) is 31.6 Å². The molecule has 2 amide bonds. The third-order valence-electron chi connectivity index (χ3n) is 5.15. The molecular weight excluding hydrogens is 323 g/mol. The number of aliphatic hydroxyl groups excluding tert-OH is 1. The van der Waals surface area contributed by atoms with Crippen molar-refractivity contribution >= 4 is 17.5 Å². The Morgan fingerprint density at radius 3 is 2.96 bits per heavy atom. The number of carbonyl (C=O) groups excluding carboxylic acids is 2. The molecule has 1 aliphatic carbocycles. The zero-order chi connectivity index (χ0) is 17.8. The SMILES string of the molecule is O=C(CCN1C(=O)CCc2cc(F)ccc21)NCC1CCCC(O)C1. The van der Waals surface area contributed by atoms with Crippen LogP contribution in [-0.2, 0) is 16.0 Å². The number of nitrogens with zero attached hydrogens (tertiary/aromatic N) is 1. The number of amides is 2. The fourth-order valence-electron chi connectivity index (χ4n) is 3.78. The summed E-state index contributed by atoms with van der Waals surface area (Å²) < 4.78 is 13.4. The van der Waals surface area contributed by atoms with Crippen molar-refractivity contribution < 1.29 is 19.1 Å². The van der Waals surface area contributed by atoms with Crippen LogP contribution in [0.5, 0.6) is 0 Å². The minimum atomic E-state index is -0.305. The fourth-order valence-corrected chi connectivity index (χ4v) is 3.78. The van der Waals surface area contributed by atoms with Gasteiger partial charge in [-0.1, -0.05) is 6.42 Å². The minimum Gasteiger partial charge on any atom is -0.393 e. The summed E-state index contributed by atoms with van der Waals surface area (Å²) in [5, 5.41) is 12.6. The fraction of sp³-hybridized carbons (Fsp3) is 0.579. The first-order valence-electron chi connectivity index (χ1n) is 9.06. The van der Waals surface area contributed by atoms with Gasteiger partial charge in [0.1, 0.15) is 5.82 Å². The number of aliphatic hydroxyl groups is 1. The maximum absolute atomic E-state index is 13.4. The lowest BCUT2D eigenvalue weighted by atomic mass is 9.87. The van der Waals surface area contributed by atoms with Crippen LogP contribution in [0.15, 0.2) is 18.2 Å². The first-order chi connectivity index (χ1) is 12.0. The van der Waals surface area contributed by atoms with Gasteiger partial charge in [0.25, 0.3) is 0 Å². The smallest absolute Gasteiger partial charge is 0.227 e. The number of hydrogen-bond acceptors (Lipinski definition) is 3. The maximum atomic E-state index is 13.4. The molecule has 6 heteroatoms. The molecule has 1 fully saturated rings. The van der Waals surface area contributed by atoms with Crippen LogP contribution in [0.3, 0.4) is 0 Å². The molecule has 0 spiro atoms. The summed E-state index contributed by atoms with van der Waals surface area (Å²) in [5.41, 5.74) is 1.53. The molecule has 0 saturated heterocycles. The van der Waals surface area contributed by atoms with Crippen molar-refractivity contribution in [3.8, 4) is 0 Å². The molecule has 1 aromatic carbocycles. The van der Waals surface area contributed by atoms with Crippen molar-refractivity contribution in [3.05, 3.63) is 29.6 Å². The van der Waals surface area contributed by atoms with Gasteiger partial charge in [-0.3, -0.25) is 9.59 Å². The van der Waals surface area contributed by atoms with Crippen molar-refractivity contribution in [2.24, 2.45) is 5.92 Å². The number of rotatable bonds is 5. The molecule has 2 N–H and O–H groups in total. The molecule has 0 bridgehead atoms. The van der Waals surface area contributed by atoms with Crippen LogP contribution in [0.4, 0.5) is 10.1 Å². The van der Waals surface area contributed by atoms with E-state index in [1.807, 2.05) is 0 Å². The zero-order valence-corrected chi connectivity index (χ0v) is 14.3. The molecule has 25 heavy (non-hydrogen) atoms. The van der Waals surface area contributed by atoms with Crippen molar-refractivity contribution in [3.63, 3.8) is 0 Å². The number of benzene rings is 1. The Bertz CT molecular complexity index is 650. The molecule has 2 unspecified atom stereocenters. The highest BCUT2D eigenvalue weighted by Gasteiger charge is 2.25. The first-order valence-corrected chi connectivity index (χ1v) is 9.06. The Balaban J connectivity index is 1.51. The third kappa shape index (κ3) is 4.57. The Labute approximate surface area is 147 Å². The van der Waals surface area contributed by atoms with Gasteiger partial charge in [-0.05, 0) is 55.4 Å². The normalized spacial score (nSPS) is 23.3. The highest BCUT2D eigenvalue weighted by Crippen LogP contribution is 2.28. The lowest BCUT2D eigenvalue weighted by Gasteiger charge is -2.29. The second-order valence-corrected chi connectivity index (χ2v) is 7.06. The van der Waals surface area contributed by atoms with E-state index >= 15 is 0 Å². The summed E-state index contributed by atoms with van der Waals surface area (Å²) in [6, 6.07) is 4.42. The molecule has 2 atom stereocenters. The van der Waals surface area contributed by atoms with E-state index in [1.165, 1.54) is 12.1 Å². The Morgan fingerprint density at radius 1 is 1.32 bits per heavy atom. The quantitative estimate of drug-likeness (QED) is 0.857. The maximum Gasteiger partial charge on any atom is 0.227 e. The summed E-state index contributed by atoms with van der Waals surface area (Å²) in [6.45, 7) is 0.877. The van der Waals surface area contributed by atoms with Crippen LogP contribution >= 0.6 is 0 Å². The van der Waals surface area contributed by atoms with Gasteiger partial charge in [0.05, 0.1) is 6.10 Å². The monoisotopic (exact) mass is 348 g/mol. The molecule has 5 nitrogen and oxygen atoms in total. The van der Waals surface area contributed by atoms with Gasteiger partial charge >= 0.3 is 0 Å². The second kappa shape index (κ2) is 7.95. The lowest BCUT2D eigenvalue weighted by molar-refractivity contribution is -0.121. The predicted octanol–water partition coefficient (Wildman–Crippen LogP) is 2.16. The molecule has 1 aliphatic heterocycles. The van der Waals surface area contributed by atoms with Crippen molar-refractivity contribution in [1.29, 1.82) is 0 Å². The van der Waals surface area contributed by atoms with E-state index in [9.17, 15) is 19.1 Å². The number of fused-ring (bicyclic) bond motifs is 1. The molecule has 2 aliphatic rings. The van der Waals surface area contributed by atoms with E-state index in [-0.39, 0.29) is 30.2 Å². The van der Waals surface area contributed by atoms with Crippen molar-refractivity contribution in [1.82, 2.24) is 5.32 Å². The van der Waals surface area contributed by atoms with Crippen LogP contribution in [-0.4, -0.2) is 36.1 Å². The molecule has 1 aromatic rings. The zero-order valence-electron chi connectivity index (χ0n) is 14.3. The molecule has 136 valence electrons. The summed E-state index contributed by atoms with van der Waals surface area (Å²) in [6.07, 6.45) is 4.47. The second-order valence-electron chi connectivity index (χ2n) is 7.06. The van der Waals surface area contributed by atoms with Crippen LogP contribution in [0, 0.1) is 11.7 Å². The van der Waals surface area contributed by atoms with Crippen molar-refractivity contribution in [2.45, 2.75) is 51.0 Å². The van der Waals surface area contributed by atoms with Gasteiger partial charge in [-0.2, -0.15) is 0 Å². The summed E-state index contributed by atoms with van der Waals surface area (Å²) >= 11 is 0. The molecule has 1 heterocycles. The largest absolute Gasteiger partial charge is 0.393 e. The minimum absolute atomic E-state index is 0.0256. The highest BCUT2D eigenvalue weighted by molar-refractivity contribution is 5.97. The Morgan fingerprint density at radius 2 is 2.16 bits per heavy atom. The molecule has 1 saturated carbocycles. The third-order valence-corrected chi connectivity index (χ3v) is 5.15. The number of nitrogens with one attached hydrogen (secondary N) is 1. The summed E-state index contributed by atoms with van der Waals surface area (Å²) in [4.78, 5) is 25.9. The number of hydrogen-bond donors (Lipinski definition) is 2. The van der Waals surface area contributed by atoms with Crippen LogP contribution in [0.1, 0.15) is 44.1 Å². The van der Waals surface area contributed by atoms with Gasteiger partial charge < -0.3 is 15.3 Å². The van der Waals surface area contributed by atoms with E-state index in [2.05, 4.69) is 5.32 Å². The number of aryl methyl sites for hydroxylation is 1. The van der Waals surface area contributed by atoms with E-state index in [4.69, 9.17) is 0 Å². The summed E-state index contributed by atoms with van der Waals surface area (Å²) in [5.74, 6) is -0.0992. The van der Waals surface area contributed by atoms with E-state index < -0.39 is 0 Å². The Kier molecular flexibility index (Phi) is 5.68. The van der Waals surface area contributed by atoms with Gasteiger partial charge in [-0.15, -0.1) is 0 Å². The van der Waals surface area contributed by atoms with Gasteiger partial charge in [0.2, 0.25) is 11.8 Å². The van der Waals surface area contributed by atoms with Gasteiger partial charge in [0.15, 0.2) is 0 Å². The van der Waals surface area contributed by atoms with Crippen molar-refractivity contribution in [2.75, 3.05) is 18.0 Å². The lowest BCUT2D eigenvalue weighted by Crippen LogP contribution is -2.39. The molecule has 0 radical (unpaired) electrons. The topological polar surface area (TPSA) is 69.6 Å². The van der Waals surface area contributed by atoms with Crippen LogP contribution < -0.4 is 10.2 Å². The van der Waals surface area contributed by atoms with Crippen LogP contribution in [0.2, 0.25) is 0 Å². The Hall–Kier alpha value is -1.95. The molecule has 3 rings (SSSR count). The highest BCUT2D eigenvalue weighted by atomic mass is 19.1. The van der Waals surface area contributed by atoms with E-state index in [0.29, 0.717) is 37.5 Å². The number of carbonyl (C=O) groups is 2. The van der Waals surface area contributed by atoms with Crippen LogP contribution in [0.25, 0.3) is 0 Å². The molecule has 0 aromatic heterocycles.